The summed E-state index contributed by atoms with van der Waals surface area (Å²) in [6, 6.07) is 0.761. The minimum atomic E-state index is -3.86. The smallest absolute Gasteiger partial charge is 0.258 e. The first-order chi connectivity index (χ1) is 9.67. The maximum atomic E-state index is 13.7. The van der Waals surface area contributed by atoms with Crippen molar-refractivity contribution in [3.05, 3.63) is 33.1 Å². The number of sulfonamides is 1. The molecular formula is C13H17FN2O4S. The SMILES string of the molecule is Cc1cc(F)c([N+](=O)[O-])c(C)c1S(=O)(=O)N1CCCC1C. The van der Waals surface area contributed by atoms with Gasteiger partial charge in [0.1, 0.15) is 0 Å². The first kappa shape index (κ1) is 15.8. The Morgan fingerprint density at radius 3 is 2.52 bits per heavy atom. The summed E-state index contributed by atoms with van der Waals surface area (Å²) in [5.74, 6) is -1.01. The van der Waals surface area contributed by atoms with E-state index >= 15 is 0 Å². The molecule has 1 aromatic rings. The summed E-state index contributed by atoms with van der Waals surface area (Å²) in [4.78, 5) is 9.95. The molecule has 6 nitrogen and oxygen atoms in total. The van der Waals surface area contributed by atoms with Crippen LogP contribution >= 0.6 is 0 Å². The summed E-state index contributed by atoms with van der Waals surface area (Å²) >= 11 is 0. The van der Waals surface area contributed by atoms with Gasteiger partial charge in [0.2, 0.25) is 15.8 Å². The number of rotatable bonds is 3. The number of aryl methyl sites for hydroxylation is 1. The number of nitrogens with zero attached hydrogens (tertiary/aromatic N) is 2. The first-order valence-electron chi connectivity index (χ1n) is 6.64. The molecule has 116 valence electrons. The van der Waals surface area contributed by atoms with Gasteiger partial charge in [-0.2, -0.15) is 8.70 Å². The van der Waals surface area contributed by atoms with Gasteiger partial charge < -0.3 is 0 Å². The van der Waals surface area contributed by atoms with Crippen molar-refractivity contribution in [2.45, 2.75) is 44.6 Å². The van der Waals surface area contributed by atoms with Gasteiger partial charge in [-0.25, -0.2) is 8.42 Å². The van der Waals surface area contributed by atoms with Crippen molar-refractivity contribution in [2.75, 3.05) is 6.54 Å². The second-order valence-electron chi connectivity index (χ2n) is 5.34. The Bertz CT molecular complexity index is 703. The van der Waals surface area contributed by atoms with Crippen LogP contribution in [0.15, 0.2) is 11.0 Å². The van der Waals surface area contributed by atoms with Crippen LogP contribution < -0.4 is 0 Å². The van der Waals surface area contributed by atoms with Gasteiger partial charge in [-0.1, -0.05) is 0 Å². The van der Waals surface area contributed by atoms with Crippen molar-refractivity contribution < 1.29 is 17.7 Å². The fourth-order valence-electron chi connectivity index (χ4n) is 2.91. The zero-order valence-corrected chi connectivity index (χ0v) is 12.9. The van der Waals surface area contributed by atoms with E-state index in [9.17, 15) is 22.9 Å². The van der Waals surface area contributed by atoms with Gasteiger partial charge in [-0.05, 0) is 45.2 Å². The number of benzene rings is 1. The number of nitro groups is 1. The van der Waals surface area contributed by atoms with Crippen molar-refractivity contribution in [3.8, 4) is 0 Å². The molecule has 0 spiro atoms. The van der Waals surface area contributed by atoms with Crippen LogP contribution in [0.3, 0.4) is 0 Å². The van der Waals surface area contributed by atoms with Gasteiger partial charge in [0.15, 0.2) is 0 Å². The predicted molar refractivity (Wildman–Crippen MR) is 75.1 cm³/mol. The van der Waals surface area contributed by atoms with Gasteiger partial charge in [-0.15, -0.1) is 0 Å². The van der Waals surface area contributed by atoms with E-state index in [0.717, 1.165) is 18.9 Å². The summed E-state index contributed by atoms with van der Waals surface area (Å²) in [5, 5.41) is 11.0. The Labute approximate surface area is 122 Å². The van der Waals surface area contributed by atoms with E-state index in [1.807, 2.05) is 0 Å². The molecule has 8 heteroatoms. The van der Waals surface area contributed by atoms with E-state index in [-0.39, 0.29) is 22.1 Å². The topological polar surface area (TPSA) is 80.5 Å². The highest BCUT2D eigenvalue weighted by atomic mass is 32.2. The Morgan fingerprint density at radius 1 is 1.43 bits per heavy atom. The fourth-order valence-corrected chi connectivity index (χ4v) is 5.04. The molecule has 1 heterocycles. The molecular weight excluding hydrogens is 299 g/mol. The summed E-state index contributed by atoms with van der Waals surface area (Å²) in [6.07, 6.45) is 1.50. The maximum absolute atomic E-state index is 13.7. The van der Waals surface area contributed by atoms with Crippen molar-refractivity contribution in [1.82, 2.24) is 4.31 Å². The van der Waals surface area contributed by atoms with E-state index in [1.54, 1.807) is 6.92 Å². The lowest BCUT2D eigenvalue weighted by Gasteiger charge is -2.23. The third kappa shape index (κ3) is 2.53. The molecule has 1 saturated heterocycles. The Morgan fingerprint density at radius 2 is 2.05 bits per heavy atom. The second kappa shape index (κ2) is 5.34. The van der Waals surface area contributed by atoms with Crippen molar-refractivity contribution in [1.29, 1.82) is 0 Å². The van der Waals surface area contributed by atoms with Crippen LogP contribution in [0.1, 0.15) is 30.9 Å². The van der Waals surface area contributed by atoms with Crippen LogP contribution in [0.2, 0.25) is 0 Å². The van der Waals surface area contributed by atoms with Gasteiger partial charge in [0.25, 0.3) is 0 Å². The minimum absolute atomic E-state index is 0.142. The van der Waals surface area contributed by atoms with Gasteiger partial charge in [0.05, 0.1) is 15.4 Å². The molecule has 0 radical (unpaired) electrons. The standard InChI is InChI=1S/C13H17FN2O4S/c1-8-7-11(14)12(16(17)18)10(3)13(8)21(19,20)15-6-4-5-9(15)2/h7,9H,4-6H2,1-3H3. The highest BCUT2D eigenvalue weighted by Gasteiger charge is 2.37. The summed E-state index contributed by atoms with van der Waals surface area (Å²) in [6.45, 7) is 4.91. The van der Waals surface area contributed by atoms with Crippen LogP contribution in [-0.2, 0) is 10.0 Å². The predicted octanol–water partition coefficient (Wildman–Crippen LogP) is 2.52. The number of hydrogen-bond donors (Lipinski definition) is 0. The van der Waals surface area contributed by atoms with Crippen LogP contribution in [0, 0.1) is 29.8 Å². The van der Waals surface area contributed by atoms with E-state index in [0.29, 0.717) is 6.54 Å². The largest absolute Gasteiger partial charge is 0.309 e. The molecule has 1 unspecified atom stereocenters. The average Bonchev–Trinajstić information content (AvgIpc) is 2.74. The summed E-state index contributed by atoms with van der Waals surface area (Å²) in [7, 11) is -3.86. The van der Waals surface area contributed by atoms with E-state index in [2.05, 4.69) is 0 Å². The van der Waals surface area contributed by atoms with E-state index < -0.39 is 26.5 Å². The number of halogens is 1. The molecule has 21 heavy (non-hydrogen) atoms. The molecule has 1 aliphatic rings. The third-order valence-corrected chi connectivity index (χ3v) is 6.17. The zero-order chi connectivity index (χ0) is 15.9. The third-order valence-electron chi connectivity index (χ3n) is 3.86. The van der Waals surface area contributed by atoms with Gasteiger partial charge in [0, 0.05) is 12.6 Å². The zero-order valence-electron chi connectivity index (χ0n) is 12.1. The highest BCUT2D eigenvalue weighted by molar-refractivity contribution is 7.89. The highest BCUT2D eigenvalue weighted by Crippen LogP contribution is 2.35. The molecule has 1 fully saturated rings. The van der Waals surface area contributed by atoms with Crippen LogP contribution in [0.4, 0.5) is 10.1 Å². The van der Waals surface area contributed by atoms with Gasteiger partial charge in [-0.3, -0.25) is 10.1 Å². The van der Waals surface area contributed by atoms with Crippen LogP contribution in [0.5, 0.6) is 0 Å². The normalized spacial score (nSPS) is 19.9. The van der Waals surface area contributed by atoms with Gasteiger partial charge >= 0.3 is 5.69 Å². The van der Waals surface area contributed by atoms with E-state index in [4.69, 9.17) is 0 Å². The van der Waals surface area contributed by atoms with Crippen molar-refractivity contribution in [2.24, 2.45) is 0 Å². The van der Waals surface area contributed by atoms with E-state index in [1.165, 1.54) is 18.2 Å². The lowest BCUT2D eigenvalue weighted by Crippen LogP contribution is -2.34. The Balaban J connectivity index is 2.69. The molecule has 0 aromatic heterocycles. The molecule has 0 N–H and O–H groups in total. The van der Waals surface area contributed by atoms with Crippen LogP contribution in [-0.4, -0.2) is 30.2 Å². The van der Waals surface area contributed by atoms with Crippen molar-refractivity contribution in [3.63, 3.8) is 0 Å². The first-order valence-corrected chi connectivity index (χ1v) is 8.08. The molecule has 2 rings (SSSR count). The fraction of sp³-hybridized carbons (Fsp3) is 0.538. The number of nitro benzene ring substituents is 1. The molecule has 0 amide bonds. The molecule has 1 atom stereocenters. The molecule has 0 aliphatic carbocycles. The molecule has 1 aliphatic heterocycles. The summed E-state index contributed by atoms with van der Waals surface area (Å²) in [5.41, 5.74) is -0.725. The van der Waals surface area contributed by atoms with Crippen molar-refractivity contribution >= 4 is 15.7 Å². The van der Waals surface area contributed by atoms with Crippen LogP contribution in [0.25, 0.3) is 0 Å². The number of hydrogen-bond acceptors (Lipinski definition) is 4. The molecule has 0 saturated carbocycles. The quantitative estimate of drug-likeness (QED) is 0.634. The monoisotopic (exact) mass is 316 g/mol. The molecule has 1 aromatic carbocycles. The average molecular weight is 316 g/mol. The summed E-state index contributed by atoms with van der Waals surface area (Å²) < 4.78 is 40.6. The minimum Gasteiger partial charge on any atom is -0.258 e. The maximum Gasteiger partial charge on any atom is 0.309 e. The lowest BCUT2D eigenvalue weighted by atomic mass is 10.1. The second-order valence-corrected chi connectivity index (χ2v) is 7.17. The Hall–Kier alpha value is -1.54. The Kier molecular flexibility index (Phi) is 4.03. The lowest BCUT2D eigenvalue weighted by molar-refractivity contribution is -0.388. The molecule has 0 bridgehead atoms.